The van der Waals surface area contributed by atoms with Crippen LogP contribution < -0.4 is 10.2 Å². The molecule has 0 fully saturated rings. The van der Waals surface area contributed by atoms with Crippen molar-refractivity contribution in [3.8, 4) is 11.3 Å². The molecular weight excluding hydrogens is 334 g/mol. The van der Waals surface area contributed by atoms with E-state index < -0.39 is 0 Å². The molecule has 2 aromatic heterocycles. The van der Waals surface area contributed by atoms with Crippen molar-refractivity contribution in [3.05, 3.63) is 72.6 Å². The number of nitrogens with zero attached hydrogens (tertiary/aromatic N) is 3. The molecule has 0 saturated carbocycles. The van der Waals surface area contributed by atoms with E-state index in [4.69, 9.17) is 0 Å². The summed E-state index contributed by atoms with van der Waals surface area (Å²) in [5.41, 5.74) is 5.39. The summed E-state index contributed by atoms with van der Waals surface area (Å²) in [4.78, 5) is 14.4. The number of benzene rings is 2. The molecule has 4 rings (SSSR count). The van der Waals surface area contributed by atoms with E-state index in [1.54, 1.807) is 6.33 Å². The molecule has 1 unspecified atom stereocenters. The molecule has 2 heterocycles. The summed E-state index contributed by atoms with van der Waals surface area (Å²) in [6.07, 6.45) is 1.60. The Morgan fingerprint density at radius 1 is 0.963 bits per heavy atom. The van der Waals surface area contributed by atoms with Crippen LogP contribution in [0.1, 0.15) is 18.5 Å². The van der Waals surface area contributed by atoms with E-state index in [9.17, 15) is 0 Å². The van der Waals surface area contributed by atoms with Gasteiger partial charge < -0.3 is 15.2 Å². The van der Waals surface area contributed by atoms with Crippen molar-refractivity contribution in [1.82, 2.24) is 15.0 Å². The highest BCUT2D eigenvalue weighted by molar-refractivity contribution is 5.91. The molecule has 2 N–H and O–H groups in total. The monoisotopic (exact) mass is 357 g/mol. The standard InChI is InChI=1S/C22H23N5/c1-15(16-7-5-4-6-8-16)25-21-19-13-20(26-22(19)24-14-23-21)17-9-11-18(12-10-17)27(2)3/h4-15H,1-3H3,(H2,23,24,25,26). The lowest BCUT2D eigenvalue weighted by Gasteiger charge is -2.15. The van der Waals surface area contributed by atoms with Crippen LogP contribution in [-0.2, 0) is 0 Å². The third kappa shape index (κ3) is 3.49. The average molecular weight is 357 g/mol. The molecule has 5 nitrogen and oxygen atoms in total. The first-order chi connectivity index (χ1) is 13.1. The van der Waals surface area contributed by atoms with Gasteiger partial charge in [-0.3, -0.25) is 0 Å². The van der Waals surface area contributed by atoms with Crippen molar-refractivity contribution in [2.75, 3.05) is 24.3 Å². The van der Waals surface area contributed by atoms with E-state index in [1.165, 1.54) is 11.3 Å². The number of hydrogen-bond acceptors (Lipinski definition) is 4. The average Bonchev–Trinajstić information content (AvgIpc) is 3.14. The summed E-state index contributed by atoms with van der Waals surface area (Å²) >= 11 is 0. The fraction of sp³-hybridized carbons (Fsp3) is 0.182. The molecule has 0 aliphatic rings. The van der Waals surface area contributed by atoms with Crippen molar-refractivity contribution < 1.29 is 0 Å². The molecule has 0 bridgehead atoms. The van der Waals surface area contributed by atoms with E-state index in [0.29, 0.717) is 0 Å². The van der Waals surface area contributed by atoms with Gasteiger partial charge in [0.2, 0.25) is 0 Å². The van der Waals surface area contributed by atoms with E-state index >= 15 is 0 Å². The third-order valence-corrected chi connectivity index (χ3v) is 4.77. The maximum absolute atomic E-state index is 4.47. The number of fused-ring (bicyclic) bond motifs is 1. The van der Waals surface area contributed by atoms with Crippen molar-refractivity contribution in [1.29, 1.82) is 0 Å². The largest absolute Gasteiger partial charge is 0.378 e. The van der Waals surface area contributed by atoms with Crippen LogP contribution in [0.3, 0.4) is 0 Å². The molecular formula is C22H23N5. The second kappa shape index (κ2) is 7.11. The molecule has 4 aromatic rings. The van der Waals surface area contributed by atoms with Crippen LogP contribution in [0.25, 0.3) is 22.3 Å². The Morgan fingerprint density at radius 2 is 1.70 bits per heavy atom. The smallest absolute Gasteiger partial charge is 0.143 e. The van der Waals surface area contributed by atoms with Crippen molar-refractivity contribution in [3.63, 3.8) is 0 Å². The lowest BCUT2D eigenvalue weighted by atomic mass is 10.1. The molecule has 1 atom stereocenters. The number of rotatable bonds is 5. The number of aromatic amines is 1. The van der Waals surface area contributed by atoms with Crippen molar-refractivity contribution in [2.24, 2.45) is 0 Å². The number of nitrogens with one attached hydrogen (secondary N) is 2. The van der Waals surface area contributed by atoms with Gasteiger partial charge in [0, 0.05) is 31.5 Å². The van der Waals surface area contributed by atoms with Gasteiger partial charge >= 0.3 is 0 Å². The summed E-state index contributed by atoms with van der Waals surface area (Å²) in [6, 6.07) is 21.1. The SMILES string of the molecule is CC(Nc1ncnc2[nH]c(-c3ccc(N(C)C)cc3)cc12)c1ccccc1. The van der Waals surface area contributed by atoms with Gasteiger partial charge in [-0.05, 0) is 36.2 Å². The van der Waals surface area contributed by atoms with Crippen LogP contribution in [0.5, 0.6) is 0 Å². The van der Waals surface area contributed by atoms with Crippen LogP contribution in [0.4, 0.5) is 11.5 Å². The molecule has 0 radical (unpaired) electrons. The predicted octanol–water partition coefficient (Wildman–Crippen LogP) is 4.86. The molecule has 2 aromatic carbocycles. The third-order valence-electron chi connectivity index (χ3n) is 4.77. The number of hydrogen-bond donors (Lipinski definition) is 2. The summed E-state index contributed by atoms with van der Waals surface area (Å²) in [5, 5.41) is 4.50. The zero-order valence-corrected chi connectivity index (χ0v) is 15.8. The molecule has 0 saturated heterocycles. The van der Waals surface area contributed by atoms with Gasteiger partial charge in [-0.1, -0.05) is 42.5 Å². The summed E-state index contributed by atoms with van der Waals surface area (Å²) < 4.78 is 0. The predicted molar refractivity (Wildman–Crippen MR) is 112 cm³/mol. The van der Waals surface area contributed by atoms with Gasteiger partial charge in [-0.25, -0.2) is 9.97 Å². The minimum atomic E-state index is 0.155. The zero-order chi connectivity index (χ0) is 18.8. The number of anilines is 2. The highest BCUT2D eigenvalue weighted by atomic mass is 15.1. The quantitative estimate of drug-likeness (QED) is 0.535. The Labute approximate surface area is 159 Å². The Morgan fingerprint density at radius 3 is 2.41 bits per heavy atom. The first-order valence-corrected chi connectivity index (χ1v) is 9.05. The molecule has 0 aliphatic carbocycles. The van der Waals surface area contributed by atoms with E-state index in [2.05, 4.69) is 86.7 Å². The topological polar surface area (TPSA) is 56.8 Å². The second-order valence-corrected chi connectivity index (χ2v) is 6.89. The lowest BCUT2D eigenvalue weighted by molar-refractivity contribution is 0.876. The van der Waals surface area contributed by atoms with Gasteiger partial charge in [0.15, 0.2) is 0 Å². The minimum Gasteiger partial charge on any atom is -0.378 e. The van der Waals surface area contributed by atoms with Gasteiger partial charge in [0.1, 0.15) is 17.8 Å². The fourth-order valence-corrected chi connectivity index (χ4v) is 3.18. The molecule has 5 heteroatoms. The maximum Gasteiger partial charge on any atom is 0.143 e. The van der Waals surface area contributed by atoms with Gasteiger partial charge in [-0.15, -0.1) is 0 Å². The highest BCUT2D eigenvalue weighted by Gasteiger charge is 2.12. The first kappa shape index (κ1) is 17.1. The Bertz CT molecular complexity index is 1040. The molecule has 136 valence electrons. The summed E-state index contributed by atoms with van der Waals surface area (Å²) in [5.74, 6) is 0.837. The van der Waals surface area contributed by atoms with Gasteiger partial charge in [0.25, 0.3) is 0 Å². The highest BCUT2D eigenvalue weighted by Crippen LogP contribution is 2.29. The van der Waals surface area contributed by atoms with Crippen molar-refractivity contribution >= 4 is 22.5 Å². The normalized spacial score (nSPS) is 12.1. The Kier molecular flexibility index (Phi) is 4.50. The van der Waals surface area contributed by atoms with E-state index in [0.717, 1.165) is 28.1 Å². The maximum atomic E-state index is 4.47. The van der Waals surface area contributed by atoms with E-state index in [1.807, 2.05) is 20.2 Å². The summed E-state index contributed by atoms with van der Waals surface area (Å²) in [7, 11) is 4.08. The second-order valence-electron chi connectivity index (χ2n) is 6.89. The van der Waals surface area contributed by atoms with Crippen LogP contribution >= 0.6 is 0 Å². The van der Waals surface area contributed by atoms with Crippen LogP contribution in [0, 0.1) is 0 Å². The molecule has 0 amide bonds. The number of aromatic nitrogens is 3. The first-order valence-electron chi connectivity index (χ1n) is 9.05. The Hall–Kier alpha value is -3.34. The van der Waals surface area contributed by atoms with E-state index in [-0.39, 0.29) is 6.04 Å². The van der Waals surface area contributed by atoms with Crippen LogP contribution in [-0.4, -0.2) is 29.0 Å². The van der Waals surface area contributed by atoms with Gasteiger partial charge in [-0.2, -0.15) is 0 Å². The molecule has 27 heavy (non-hydrogen) atoms. The van der Waals surface area contributed by atoms with Crippen LogP contribution in [0.2, 0.25) is 0 Å². The summed E-state index contributed by atoms with van der Waals surface area (Å²) in [6.45, 7) is 2.14. The lowest BCUT2D eigenvalue weighted by Crippen LogP contribution is -2.08. The van der Waals surface area contributed by atoms with Crippen LogP contribution in [0.15, 0.2) is 67.0 Å². The van der Waals surface area contributed by atoms with Gasteiger partial charge in [0.05, 0.1) is 5.39 Å². The Balaban J connectivity index is 1.66. The molecule has 0 spiro atoms. The number of H-pyrrole nitrogens is 1. The fourth-order valence-electron chi connectivity index (χ4n) is 3.18. The zero-order valence-electron chi connectivity index (χ0n) is 15.8. The minimum absolute atomic E-state index is 0.155. The van der Waals surface area contributed by atoms with Crippen molar-refractivity contribution in [2.45, 2.75) is 13.0 Å². The molecule has 0 aliphatic heterocycles.